The summed E-state index contributed by atoms with van der Waals surface area (Å²) in [5.41, 5.74) is 6.42. The van der Waals surface area contributed by atoms with Gasteiger partial charge in [-0.1, -0.05) is 0 Å². The zero-order chi connectivity index (χ0) is 19.1. The molecule has 1 saturated heterocycles. The third-order valence-corrected chi connectivity index (χ3v) is 4.79. The molecule has 0 radical (unpaired) electrons. The Morgan fingerprint density at radius 1 is 1.46 bits per heavy atom. The highest BCUT2D eigenvalue weighted by molar-refractivity contribution is 5.77. The summed E-state index contributed by atoms with van der Waals surface area (Å²) in [6, 6.07) is 0.225. The molecule has 8 heteroatoms. The van der Waals surface area contributed by atoms with Crippen molar-refractivity contribution < 1.29 is 9.59 Å². The Hall–Kier alpha value is -2.09. The van der Waals surface area contributed by atoms with Gasteiger partial charge >= 0.3 is 6.03 Å². The molecule has 1 aliphatic rings. The topological polar surface area (TPSA) is 96.5 Å². The van der Waals surface area contributed by atoms with Gasteiger partial charge in [-0.05, 0) is 46.2 Å². The van der Waals surface area contributed by atoms with E-state index in [4.69, 9.17) is 5.73 Å². The maximum Gasteiger partial charge on any atom is 0.317 e. The maximum atomic E-state index is 12.2. The third kappa shape index (κ3) is 6.01. The molecular weight excluding hydrogens is 332 g/mol. The Kier molecular flexibility index (Phi) is 7.44. The van der Waals surface area contributed by atoms with E-state index in [0.717, 1.165) is 44.5 Å². The van der Waals surface area contributed by atoms with Crippen molar-refractivity contribution in [2.45, 2.75) is 45.7 Å². The zero-order valence-electron chi connectivity index (χ0n) is 16.1. The van der Waals surface area contributed by atoms with Crippen molar-refractivity contribution in [1.82, 2.24) is 24.9 Å². The minimum Gasteiger partial charge on any atom is -0.369 e. The highest BCUT2D eigenvalue weighted by Crippen LogP contribution is 2.15. The number of nitrogens with zero attached hydrogens (tertiary/aromatic N) is 4. The number of nitrogens with one attached hydrogen (secondary N) is 1. The van der Waals surface area contributed by atoms with Crippen LogP contribution >= 0.6 is 0 Å². The molecule has 0 saturated carbocycles. The lowest BCUT2D eigenvalue weighted by atomic mass is 9.97. The van der Waals surface area contributed by atoms with E-state index >= 15 is 0 Å². The van der Waals surface area contributed by atoms with Crippen LogP contribution in [-0.2, 0) is 11.3 Å². The molecule has 3 amide bonds. The van der Waals surface area contributed by atoms with Crippen LogP contribution in [0.4, 0.5) is 4.79 Å². The number of piperidine rings is 1. The van der Waals surface area contributed by atoms with Crippen LogP contribution < -0.4 is 11.1 Å². The minimum atomic E-state index is -0.203. The Labute approximate surface area is 155 Å². The van der Waals surface area contributed by atoms with Gasteiger partial charge in [-0.25, -0.2) is 4.79 Å². The number of urea groups is 1. The van der Waals surface area contributed by atoms with Crippen molar-refractivity contribution in [3.8, 4) is 0 Å². The van der Waals surface area contributed by atoms with E-state index in [1.807, 2.05) is 10.9 Å². The lowest BCUT2D eigenvalue weighted by molar-refractivity contribution is -0.123. The molecule has 2 heterocycles. The standard InChI is InChI=1S/C18H32N6O2/c1-14(2)24-12-15(10-21-24)11-22(3)18(26)20-7-5-9-23-8-4-6-16(13-23)17(19)25/h10,12,14,16H,4-9,11,13H2,1-3H3,(H2,19,25)(H,20,26)/t16-/m1/s1. The number of carbonyl (C=O) groups excluding carboxylic acids is 2. The predicted molar refractivity (Wildman–Crippen MR) is 100 cm³/mol. The summed E-state index contributed by atoms with van der Waals surface area (Å²) in [5.74, 6) is -0.235. The van der Waals surface area contributed by atoms with E-state index in [0.29, 0.717) is 19.1 Å². The number of hydrogen-bond acceptors (Lipinski definition) is 4. The fourth-order valence-electron chi connectivity index (χ4n) is 3.21. The number of hydrogen-bond donors (Lipinski definition) is 2. The van der Waals surface area contributed by atoms with Crippen LogP contribution in [0.1, 0.15) is 44.7 Å². The monoisotopic (exact) mass is 364 g/mol. The van der Waals surface area contributed by atoms with Crippen LogP contribution in [0.25, 0.3) is 0 Å². The Morgan fingerprint density at radius 3 is 2.88 bits per heavy atom. The predicted octanol–water partition coefficient (Wildman–Crippen LogP) is 1.19. The molecule has 1 aliphatic heterocycles. The molecule has 3 N–H and O–H groups in total. The minimum absolute atomic E-state index is 0.0313. The molecule has 2 rings (SSSR count). The first-order valence-corrected chi connectivity index (χ1v) is 9.40. The van der Waals surface area contributed by atoms with E-state index < -0.39 is 0 Å². The lowest BCUT2D eigenvalue weighted by Gasteiger charge is -2.31. The smallest absolute Gasteiger partial charge is 0.317 e. The van der Waals surface area contributed by atoms with Crippen molar-refractivity contribution in [2.75, 3.05) is 33.2 Å². The third-order valence-electron chi connectivity index (χ3n) is 4.79. The van der Waals surface area contributed by atoms with Gasteiger partial charge in [-0.3, -0.25) is 9.48 Å². The van der Waals surface area contributed by atoms with Crippen molar-refractivity contribution in [3.05, 3.63) is 18.0 Å². The van der Waals surface area contributed by atoms with Gasteiger partial charge in [0.1, 0.15) is 0 Å². The van der Waals surface area contributed by atoms with Gasteiger partial charge in [0.05, 0.1) is 18.7 Å². The normalized spacial score (nSPS) is 18.1. The number of rotatable bonds is 8. The average Bonchev–Trinajstić information content (AvgIpc) is 3.07. The molecule has 26 heavy (non-hydrogen) atoms. The molecule has 0 bridgehead atoms. The van der Waals surface area contributed by atoms with Crippen molar-refractivity contribution >= 4 is 11.9 Å². The van der Waals surface area contributed by atoms with Gasteiger partial charge in [0.2, 0.25) is 5.91 Å². The molecule has 0 spiro atoms. The van der Waals surface area contributed by atoms with Gasteiger partial charge < -0.3 is 20.9 Å². The highest BCUT2D eigenvalue weighted by atomic mass is 16.2. The van der Waals surface area contributed by atoms with Gasteiger partial charge in [-0.15, -0.1) is 0 Å². The second-order valence-corrected chi connectivity index (χ2v) is 7.41. The molecule has 1 fully saturated rings. The van der Waals surface area contributed by atoms with Crippen LogP contribution in [0.15, 0.2) is 12.4 Å². The Balaban J connectivity index is 1.65. The molecule has 1 aromatic heterocycles. The molecule has 8 nitrogen and oxygen atoms in total. The first-order chi connectivity index (χ1) is 12.4. The Morgan fingerprint density at radius 2 is 2.23 bits per heavy atom. The van der Waals surface area contributed by atoms with E-state index in [1.54, 1.807) is 18.1 Å². The first kappa shape index (κ1) is 20.2. The SMILES string of the molecule is CC(C)n1cc(CN(C)C(=O)NCCCN2CCC[C@@H](C(N)=O)C2)cn1. The van der Waals surface area contributed by atoms with Crippen LogP contribution in [0.5, 0.6) is 0 Å². The van der Waals surface area contributed by atoms with Crippen LogP contribution in [0.2, 0.25) is 0 Å². The number of carbonyl (C=O) groups is 2. The van der Waals surface area contributed by atoms with Crippen LogP contribution in [-0.4, -0.2) is 64.7 Å². The van der Waals surface area contributed by atoms with Gasteiger partial charge in [-0.2, -0.15) is 5.10 Å². The number of nitrogens with two attached hydrogens (primary N) is 1. The van der Waals surface area contributed by atoms with E-state index in [-0.39, 0.29) is 17.9 Å². The molecule has 0 aliphatic carbocycles. The summed E-state index contributed by atoms with van der Waals surface area (Å²) < 4.78 is 1.89. The average molecular weight is 364 g/mol. The number of likely N-dealkylation sites (tertiary alicyclic amines) is 1. The Bertz CT molecular complexity index is 600. The van der Waals surface area contributed by atoms with Crippen LogP contribution in [0.3, 0.4) is 0 Å². The van der Waals surface area contributed by atoms with Gasteiger partial charge in [0, 0.05) is 37.9 Å². The number of amides is 3. The van der Waals surface area contributed by atoms with E-state index in [1.165, 1.54) is 0 Å². The number of aromatic nitrogens is 2. The van der Waals surface area contributed by atoms with Crippen molar-refractivity contribution in [2.24, 2.45) is 11.7 Å². The molecule has 1 atom stereocenters. The fourth-order valence-corrected chi connectivity index (χ4v) is 3.21. The molecule has 146 valence electrons. The molecular formula is C18H32N6O2. The fraction of sp³-hybridized carbons (Fsp3) is 0.722. The molecule has 0 unspecified atom stereocenters. The maximum absolute atomic E-state index is 12.2. The lowest BCUT2D eigenvalue weighted by Crippen LogP contribution is -2.42. The van der Waals surface area contributed by atoms with Gasteiger partial charge in [0.15, 0.2) is 0 Å². The van der Waals surface area contributed by atoms with Crippen molar-refractivity contribution in [1.29, 1.82) is 0 Å². The number of primary amides is 1. The summed E-state index contributed by atoms with van der Waals surface area (Å²) in [6.07, 6.45) is 6.53. The van der Waals surface area contributed by atoms with Gasteiger partial charge in [0.25, 0.3) is 0 Å². The summed E-state index contributed by atoms with van der Waals surface area (Å²) in [7, 11) is 1.78. The molecule has 1 aromatic rings. The van der Waals surface area contributed by atoms with E-state index in [2.05, 4.69) is 29.2 Å². The molecule has 0 aromatic carbocycles. The zero-order valence-corrected chi connectivity index (χ0v) is 16.1. The first-order valence-electron chi connectivity index (χ1n) is 9.40. The summed E-state index contributed by atoms with van der Waals surface area (Å²) in [4.78, 5) is 27.4. The highest BCUT2D eigenvalue weighted by Gasteiger charge is 2.23. The second kappa shape index (κ2) is 9.56. The summed E-state index contributed by atoms with van der Waals surface area (Å²) in [5, 5.41) is 7.24. The van der Waals surface area contributed by atoms with E-state index in [9.17, 15) is 9.59 Å². The van der Waals surface area contributed by atoms with Crippen molar-refractivity contribution in [3.63, 3.8) is 0 Å². The summed E-state index contributed by atoms with van der Waals surface area (Å²) >= 11 is 0. The van der Waals surface area contributed by atoms with Crippen LogP contribution in [0, 0.1) is 5.92 Å². The largest absolute Gasteiger partial charge is 0.369 e. The second-order valence-electron chi connectivity index (χ2n) is 7.41. The summed E-state index contributed by atoms with van der Waals surface area (Å²) in [6.45, 7) is 7.90. The quantitative estimate of drug-likeness (QED) is 0.677.